The molecule has 0 heterocycles. The summed E-state index contributed by atoms with van der Waals surface area (Å²) >= 11 is 0. The number of ether oxygens (including phenoxy) is 1. The maximum Gasteiger partial charge on any atom is 0.393 e. The molecule has 1 N–H and O–H groups in total. The van der Waals surface area contributed by atoms with E-state index in [4.69, 9.17) is 4.74 Å². The van der Waals surface area contributed by atoms with Gasteiger partial charge < -0.3 is 10.1 Å². The van der Waals surface area contributed by atoms with Crippen molar-refractivity contribution in [1.82, 2.24) is 5.32 Å². The molecule has 0 aromatic heterocycles. The molecule has 3 unspecified atom stereocenters. The maximum atomic E-state index is 13.0. The van der Waals surface area contributed by atoms with Gasteiger partial charge in [-0.15, -0.1) is 0 Å². The molecule has 1 rings (SSSR count). The van der Waals surface area contributed by atoms with Crippen molar-refractivity contribution in [2.75, 3.05) is 13.7 Å². The summed E-state index contributed by atoms with van der Waals surface area (Å²) in [6.07, 6.45) is -1.68. The minimum Gasteiger partial charge on any atom is -0.383 e. The first-order valence-corrected chi connectivity index (χ1v) is 6.68. The third-order valence-electron chi connectivity index (χ3n) is 3.77. The molecule has 0 spiro atoms. The normalized spacial score (nSPS) is 27.5. The molecule has 18 heavy (non-hydrogen) atoms. The van der Waals surface area contributed by atoms with Crippen molar-refractivity contribution in [2.24, 2.45) is 11.8 Å². The Labute approximate surface area is 107 Å². The highest BCUT2D eigenvalue weighted by Crippen LogP contribution is 2.38. The van der Waals surface area contributed by atoms with Crippen LogP contribution in [0.1, 0.15) is 39.5 Å². The molecule has 0 amide bonds. The zero-order valence-electron chi connectivity index (χ0n) is 11.4. The molecule has 0 radical (unpaired) electrons. The zero-order chi connectivity index (χ0) is 13.8. The van der Waals surface area contributed by atoms with Crippen molar-refractivity contribution >= 4 is 0 Å². The minimum atomic E-state index is -4.09. The molecule has 1 aliphatic rings. The highest BCUT2D eigenvalue weighted by Gasteiger charge is 2.45. The van der Waals surface area contributed by atoms with Crippen LogP contribution in [0.2, 0.25) is 0 Å². The molecule has 5 heteroatoms. The molecular formula is C13H24F3NO. The quantitative estimate of drug-likeness (QED) is 0.824. The first-order valence-electron chi connectivity index (χ1n) is 6.68. The number of hydrogen-bond donors (Lipinski definition) is 1. The zero-order valence-corrected chi connectivity index (χ0v) is 11.4. The van der Waals surface area contributed by atoms with Crippen LogP contribution >= 0.6 is 0 Å². The molecule has 1 fully saturated rings. The topological polar surface area (TPSA) is 21.3 Å². The summed E-state index contributed by atoms with van der Waals surface area (Å²) < 4.78 is 44.0. The van der Waals surface area contributed by atoms with E-state index in [1.54, 1.807) is 7.11 Å². The predicted octanol–water partition coefficient (Wildman–Crippen LogP) is 3.37. The fourth-order valence-corrected chi connectivity index (χ4v) is 2.61. The van der Waals surface area contributed by atoms with Gasteiger partial charge in [-0.3, -0.25) is 0 Å². The van der Waals surface area contributed by atoms with Crippen molar-refractivity contribution in [3.05, 3.63) is 0 Å². The van der Waals surface area contributed by atoms with Gasteiger partial charge in [0, 0.05) is 19.2 Å². The second-order valence-electron chi connectivity index (χ2n) is 5.51. The molecule has 1 saturated carbocycles. The Balaban J connectivity index is 2.65. The van der Waals surface area contributed by atoms with E-state index in [1.807, 2.05) is 13.8 Å². The average Bonchev–Trinajstić information content (AvgIpc) is 2.27. The molecule has 2 nitrogen and oxygen atoms in total. The summed E-state index contributed by atoms with van der Waals surface area (Å²) in [5.41, 5.74) is 0. The maximum absolute atomic E-state index is 13.0. The van der Waals surface area contributed by atoms with Crippen LogP contribution in [-0.4, -0.2) is 32.0 Å². The summed E-state index contributed by atoms with van der Waals surface area (Å²) in [5, 5.41) is 3.17. The summed E-state index contributed by atoms with van der Waals surface area (Å²) in [4.78, 5) is 0. The molecule has 1 aliphatic carbocycles. The van der Waals surface area contributed by atoms with Gasteiger partial charge in [0.1, 0.15) is 0 Å². The van der Waals surface area contributed by atoms with Crippen LogP contribution in [0, 0.1) is 11.8 Å². The lowest BCUT2D eigenvalue weighted by atomic mass is 9.83. The van der Waals surface area contributed by atoms with E-state index in [1.165, 1.54) is 0 Å². The van der Waals surface area contributed by atoms with Gasteiger partial charge >= 0.3 is 6.18 Å². The fourth-order valence-electron chi connectivity index (χ4n) is 2.61. The molecule has 0 aromatic rings. The summed E-state index contributed by atoms with van der Waals surface area (Å²) in [6.45, 7) is 4.46. The lowest BCUT2D eigenvalue weighted by molar-refractivity contribution is -0.190. The van der Waals surface area contributed by atoms with Crippen LogP contribution in [0.4, 0.5) is 13.2 Å². The van der Waals surface area contributed by atoms with E-state index >= 15 is 0 Å². The summed E-state index contributed by atoms with van der Waals surface area (Å²) in [6, 6.07) is -0.468. The standard InChI is InChI=1S/C13H24F3NO/c1-9(2)12(8-18-3)17-11-7-5-4-6-10(11)13(14,15)16/h9-12,17H,4-8H2,1-3H3. The Bertz CT molecular complexity index is 243. The SMILES string of the molecule is COCC(NC1CCCCC1C(F)(F)F)C(C)C. The van der Waals surface area contributed by atoms with Crippen LogP contribution in [0.25, 0.3) is 0 Å². The van der Waals surface area contributed by atoms with Gasteiger partial charge in [-0.05, 0) is 18.8 Å². The van der Waals surface area contributed by atoms with Crippen molar-refractivity contribution in [1.29, 1.82) is 0 Å². The van der Waals surface area contributed by atoms with E-state index < -0.39 is 18.1 Å². The van der Waals surface area contributed by atoms with Gasteiger partial charge in [-0.25, -0.2) is 0 Å². The monoisotopic (exact) mass is 267 g/mol. The van der Waals surface area contributed by atoms with Gasteiger partial charge in [0.2, 0.25) is 0 Å². The Kier molecular flexibility index (Phi) is 5.92. The molecule has 0 aromatic carbocycles. The van der Waals surface area contributed by atoms with Crippen molar-refractivity contribution in [3.63, 3.8) is 0 Å². The number of rotatable bonds is 5. The third-order valence-corrected chi connectivity index (χ3v) is 3.77. The van der Waals surface area contributed by atoms with E-state index in [-0.39, 0.29) is 18.4 Å². The number of halogens is 3. The van der Waals surface area contributed by atoms with Gasteiger partial charge in [0.05, 0.1) is 12.5 Å². The van der Waals surface area contributed by atoms with Gasteiger partial charge in [-0.1, -0.05) is 26.7 Å². The minimum absolute atomic E-state index is 0.0112. The molecule has 0 saturated heterocycles. The fraction of sp³-hybridized carbons (Fsp3) is 1.00. The average molecular weight is 267 g/mol. The van der Waals surface area contributed by atoms with E-state index in [2.05, 4.69) is 5.32 Å². The predicted molar refractivity (Wildman–Crippen MR) is 65.4 cm³/mol. The van der Waals surface area contributed by atoms with Crippen molar-refractivity contribution in [2.45, 2.75) is 57.8 Å². The van der Waals surface area contributed by atoms with E-state index in [9.17, 15) is 13.2 Å². The van der Waals surface area contributed by atoms with Crippen LogP contribution in [-0.2, 0) is 4.74 Å². The largest absolute Gasteiger partial charge is 0.393 e. The second-order valence-corrected chi connectivity index (χ2v) is 5.51. The molecule has 3 atom stereocenters. The first kappa shape index (κ1) is 15.8. The number of nitrogens with one attached hydrogen (secondary N) is 1. The van der Waals surface area contributed by atoms with Crippen LogP contribution < -0.4 is 5.32 Å². The van der Waals surface area contributed by atoms with Crippen LogP contribution in [0.15, 0.2) is 0 Å². The highest BCUT2D eigenvalue weighted by molar-refractivity contribution is 4.88. The molecular weight excluding hydrogens is 243 g/mol. The summed E-state index contributed by atoms with van der Waals surface area (Å²) in [7, 11) is 1.58. The Morgan fingerprint density at radius 1 is 1.22 bits per heavy atom. The Morgan fingerprint density at radius 3 is 2.33 bits per heavy atom. The van der Waals surface area contributed by atoms with E-state index in [0.717, 1.165) is 6.42 Å². The van der Waals surface area contributed by atoms with Gasteiger partial charge in [-0.2, -0.15) is 13.2 Å². The summed E-state index contributed by atoms with van der Waals surface area (Å²) in [5.74, 6) is -0.940. The highest BCUT2D eigenvalue weighted by atomic mass is 19.4. The number of methoxy groups -OCH3 is 1. The van der Waals surface area contributed by atoms with E-state index in [0.29, 0.717) is 19.4 Å². The number of alkyl halides is 3. The first-order chi connectivity index (χ1) is 8.36. The Morgan fingerprint density at radius 2 is 1.83 bits per heavy atom. The number of hydrogen-bond acceptors (Lipinski definition) is 2. The lowest BCUT2D eigenvalue weighted by Crippen LogP contribution is -2.52. The van der Waals surface area contributed by atoms with Gasteiger partial charge in [0.25, 0.3) is 0 Å². The van der Waals surface area contributed by atoms with Crippen molar-refractivity contribution in [3.8, 4) is 0 Å². The van der Waals surface area contributed by atoms with Crippen molar-refractivity contribution < 1.29 is 17.9 Å². The smallest absolute Gasteiger partial charge is 0.383 e. The lowest BCUT2D eigenvalue weighted by Gasteiger charge is -2.37. The van der Waals surface area contributed by atoms with Crippen LogP contribution in [0.3, 0.4) is 0 Å². The second kappa shape index (κ2) is 6.75. The molecule has 0 bridgehead atoms. The molecule has 108 valence electrons. The van der Waals surface area contributed by atoms with Gasteiger partial charge in [0.15, 0.2) is 0 Å². The third kappa shape index (κ3) is 4.43. The Hall–Kier alpha value is -0.290. The van der Waals surface area contributed by atoms with Crippen LogP contribution in [0.5, 0.6) is 0 Å². The molecule has 0 aliphatic heterocycles.